The summed E-state index contributed by atoms with van der Waals surface area (Å²) in [5, 5.41) is 5.59. The van der Waals surface area contributed by atoms with E-state index >= 15 is 0 Å². The predicted molar refractivity (Wildman–Crippen MR) is 76.1 cm³/mol. The van der Waals surface area contributed by atoms with Crippen LogP contribution < -0.4 is 10.6 Å². The summed E-state index contributed by atoms with van der Waals surface area (Å²) >= 11 is 0. The molecule has 22 heavy (non-hydrogen) atoms. The van der Waals surface area contributed by atoms with Gasteiger partial charge in [-0.25, -0.2) is 4.39 Å². The molecule has 1 atom stereocenters. The Balaban J connectivity index is 0.00000242. The largest absolute Gasteiger partial charge is 0.416 e. The van der Waals surface area contributed by atoms with Gasteiger partial charge in [-0.1, -0.05) is 6.07 Å². The lowest BCUT2D eigenvalue weighted by Gasteiger charge is -2.14. The highest BCUT2D eigenvalue weighted by molar-refractivity contribution is 5.85. The van der Waals surface area contributed by atoms with E-state index in [1.807, 2.05) is 0 Å². The number of nitrogens with one attached hydrogen (secondary N) is 2. The van der Waals surface area contributed by atoms with Crippen LogP contribution in [0.15, 0.2) is 18.2 Å². The number of alkyl halides is 3. The number of benzene rings is 1. The van der Waals surface area contributed by atoms with Gasteiger partial charge in [0.25, 0.3) is 0 Å². The minimum Gasteiger partial charge on any atom is -0.352 e. The van der Waals surface area contributed by atoms with Crippen molar-refractivity contribution in [1.82, 2.24) is 10.6 Å². The van der Waals surface area contributed by atoms with E-state index in [0.29, 0.717) is 6.07 Å². The first-order valence-corrected chi connectivity index (χ1v) is 6.72. The molecule has 1 aliphatic heterocycles. The fourth-order valence-electron chi connectivity index (χ4n) is 2.39. The topological polar surface area (TPSA) is 41.1 Å². The Morgan fingerprint density at radius 3 is 2.68 bits per heavy atom. The second-order valence-electron chi connectivity index (χ2n) is 5.07. The molecule has 124 valence electrons. The number of hydrogen-bond acceptors (Lipinski definition) is 2. The molecule has 1 aromatic carbocycles. The van der Waals surface area contributed by atoms with E-state index in [4.69, 9.17) is 0 Å². The highest BCUT2D eigenvalue weighted by Crippen LogP contribution is 2.32. The van der Waals surface area contributed by atoms with Crippen LogP contribution in [0.2, 0.25) is 0 Å². The molecule has 1 aromatic rings. The number of amides is 1. The van der Waals surface area contributed by atoms with E-state index in [1.54, 1.807) is 0 Å². The molecule has 3 nitrogen and oxygen atoms in total. The van der Waals surface area contributed by atoms with E-state index in [-0.39, 0.29) is 42.9 Å². The highest BCUT2D eigenvalue weighted by atomic mass is 35.5. The van der Waals surface area contributed by atoms with Gasteiger partial charge in [-0.05, 0) is 37.1 Å². The lowest BCUT2D eigenvalue weighted by Crippen LogP contribution is -2.32. The number of halogens is 5. The fourth-order valence-corrected chi connectivity index (χ4v) is 2.39. The van der Waals surface area contributed by atoms with Crippen LogP contribution in [0.5, 0.6) is 0 Å². The van der Waals surface area contributed by atoms with Gasteiger partial charge in [0.1, 0.15) is 5.82 Å². The Morgan fingerprint density at radius 1 is 1.36 bits per heavy atom. The Morgan fingerprint density at radius 2 is 2.09 bits per heavy atom. The minimum absolute atomic E-state index is 0. The first kappa shape index (κ1) is 18.7. The van der Waals surface area contributed by atoms with Crippen LogP contribution in [0.4, 0.5) is 17.6 Å². The van der Waals surface area contributed by atoms with Crippen molar-refractivity contribution >= 4 is 18.3 Å². The van der Waals surface area contributed by atoms with Crippen molar-refractivity contribution in [3.8, 4) is 0 Å². The van der Waals surface area contributed by atoms with Gasteiger partial charge >= 0.3 is 6.18 Å². The van der Waals surface area contributed by atoms with Gasteiger partial charge in [-0.3, -0.25) is 4.79 Å². The Hall–Kier alpha value is -1.34. The smallest absolute Gasteiger partial charge is 0.352 e. The zero-order valence-electron chi connectivity index (χ0n) is 11.7. The third-order valence-electron chi connectivity index (χ3n) is 3.45. The van der Waals surface area contributed by atoms with Crippen molar-refractivity contribution < 1.29 is 22.4 Å². The quantitative estimate of drug-likeness (QED) is 0.827. The molecule has 1 saturated heterocycles. The van der Waals surface area contributed by atoms with Crippen LogP contribution in [0.3, 0.4) is 0 Å². The van der Waals surface area contributed by atoms with Gasteiger partial charge in [-0.15, -0.1) is 12.4 Å². The zero-order chi connectivity index (χ0) is 15.5. The van der Waals surface area contributed by atoms with E-state index in [0.717, 1.165) is 31.5 Å². The van der Waals surface area contributed by atoms with Gasteiger partial charge in [0.2, 0.25) is 5.91 Å². The second kappa shape index (κ2) is 7.78. The number of carbonyl (C=O) groups excluding carboxylic acids is 1. The van der Waals surface area contributed by atoms with Crippen LogP contribution in [0.25, 0.3) is 0 Å². The Bertz CT molecular complexity index is 516. The van der Waals surface area contributed by atoms with Gasteiger partial charge in [0, 0.05) is 19.0 Å². The molecule has 1 amide bonds. The zero-order valence-corrected chi connectivity index (χ0v) is 12.5. The number of carbonyl (C=O) groups is 1. The van der Waals surface area contributed by atoms with Crippen molar-refractivity contribution in [3.05, 3.63) is 35.1 Å². The molecule has 1 heterocycles. The SMILES string of the molecule is Cl.O=C(CC1CCCN1)NCc1ccc(F)cc1C(F)(F)F. The van der Waals surface area contributed by atoms with Gasteiger partial charge in [0.05, 0.1) is 5.56 Å². The van der Waals surface area contributed by atoms with Crippen LogP contribution in [-0.2, 0) is 17.5 Å². The van der Waals surface area contributed by atoms with E-state index in [2.05, 4.69) is 10.6 Å². The van der Waals surface area contributed by atoms with Crippen molar-refractivity contribution in [2.45, 2.75) is 38.0 Å². The molecular weight excluding hydrogens is 324 g/mol. The summed E-state index contributed by atoms with van der Waals surface area (Å²) in [7, 11) is 0. The molecule has 0 bridgehead atoms. The molecule has 1 unspecified atom stereocenters. The molecule has 0 saturated carbocycles. The second-order valence-corrected chi connectivity index (χ2v) is 5.07. The van der Waals surface area contributed by atoms with Crippen LogP contribution in [0.1, 0.15) is 30.4 Å². The molecule has 0 radical (unpaired) electrons. The molecule has 8 heteroatoms. The highest BCUT2D eigenvalue weighted by Gasteiger charge is 2.33. The summed E-state index contributed by atoms with van der Waals surface area (Å²) in [6.07, 6.45) is -2.52. The summed E-state index contributed by atoms with van der Waals surface area (Å²) in [5.74, 6) is -1.26. The standard InChI is InChI=1S/C14H16F4N2O.ClH/c15-10-4-3-9(12(6-10)14(16,17)18)8-20-13(21)7-11-2-1-5-19-11;/h3-4,6,11,19H,1-2,5,7-8H2,(H,20,21);1H. The number of hydrogen-bond donors (Lipinski definition) is 2. The normalized spacial score (nSPS) is 17.9. The summed E-state index contributed by atoms with van der Waals surface area (Å²) in [4.78, 5) is 11.7. The average molecular weight is 341 g/mol. The third kappa shape index (κ3) is 5.14. The molecule has 2 N–H and O–H groups in total. The maximum absolute atomic E-state index is 13.0. The van der Waals surface area contributed by atoms with Gasteiger partial charge < -0.3 is 10.6 Å². The monoisotopic (exact) mass is 340 g/mol. The molecular formula is C14H17ClF4N2O. The van der Waals surface area contributed by atoms with Crippen LogP contribution >= 0.6 is 12.4 Å². The van der Waals surface area contributed by atoms with Crippen molar-refractivity contribution in [2.24, 2.45) is 0 Å². The summed E-state index contributed by atoms with van der Waals surface area (Å²) in [5.41, 5.74) is -1.20. The molecule has 1 fully saturated rings. The summed E-state index contributed by atoms with van der Waals surface area (Å²) < 4.78 is 51.3. The predicted octanol–water partition coefficient (Wildman–Crippen LogP) is 3.02. The Kier molecular flexibility index (Phi) is 6.62. The van der Waals surface area contributed by atoms with E-state index in [9.17, 15) is 22.4 Å². The summed E-state index contributed by atoms with van der Waals surface area (Å²) in [6.45, 7) is 0.592. The number of rotatable bonds is 4. The van der Waals surface area contributed by atoms with Crippen molar-refractivity contribution in [2.75, 3.05) is 6.54 Å². The molecule has 0 aromatic heterocycles. The van der Waals surface area contributed by atoms with Crippen molar-refractivity contribution in [3.63, 3.8) is 0 Å². The summed E-state index contributed by atoms with van der Waals surface area (Å²) in [6, 6.07) is 2.53. The van der Waals surface area contributed by atoms with Crippen molar-refractivity contribution in [1.29, 1.82) is 0 Å². The maximum Gasteiger partial charge on any atom is 0.416 e. The molecule has 0 spiro atoms. The maximum atomic E-state index is 13.0. The fraction of sp³-hybridized carbons (Fsp3) is 0.500. The van der Waals surface area contributed by atoms with Crippen LogP contribution in [-0.4, -0.2) is 18.5 Å². The Labute approximate surface area is 131 Å². The molecule has 1 aliphatic rings. The lowest BCUT2D eigenvalue weighted by molar-refractivity contribution is -0.138. The molecule has 0 aliphatic carbocycles. The minimum atomic E-state index is -4.64. The third-order valence-corrected chi connectivity index (χ3v) is 3.45. The van der Waals surface area contributed by atoms with Crippen LogP contribution in [0, 0.1) is 5.82 Å². The average Bonchev–Trinajstić information content (AvgIpc) is 2.89. The van der Waals surface area contributed by atoms with E-state index in [1.165, 1.54) is 0 Å². The molecule has 2 rings (SSSR count). The first-order chi connectivity index (χ1) is 9.86. The van der Waals surface area contributed by atoms with Gasteiger partial charge in [-0.2, -0.15) is 13.2 Å². The van der Waals surface area contributed by atoms with E-state index < -0.39 is 17.6 Å². The lowest BCUT2D eigenvalue weighted by atomic mass is 10.1. The first-order valence-electron chi connectivity index (χ1n) is 6.72. The van der Waals surface area contributed by atoms with Gasteiger partial charge in [0.15, 0.2) is 0 Å².